The van der Waals surface area contributed by atoms with Crippen LogP contribution in [0.1, 0.15) is 41.5 Å². The van der Waals surface area contributed by atoms with Gasteiger partial charge in [0.05, 0.1) is 18.3 Å². The fourth-order valence-electron chi connectivity index (χ4n) is 4.55. The fourth-order valence-corrected chi connectivity index (χ4v) is 4.89. The Morgan fingerprint density at radius 2 is 1.74 bits per heavy atom. The van der Waals surface area contributed by atoms with E-state index in [9.17, 15) is 0 Å². The molecule has 0 amide bonds. The number of thiocarbonyl (C=S) groups is 1. The maximum absolute atomic E-state index is 5.88. The highest BCUT2D eigenvalue weighted by Gasteiger charge is 2.42. The first kappa shape index (κ1) is 22.2. The van der Waals surface area contributed by atoms with E-state index >= 15 is 0 Å². The summed E-state index contributed by atoms with van der Waals surface area (Å²) in [7, 11) is 0. The Morgan fingerprint density at radius 3 is 2.44 bits per heavy atom. The normalized spacial score (nSPS) is 17.6. The topological polar surface area (TPSA) is 42.3 Å². The van der Waals surface area contributed by atoms with E-state index in [1.54, 1.807) is 0 Å². The van der Waals surface area contributed by atoms with Crippen molar-refractivity contribution < 1.29 is 4.74 Å². The number of nitrogens with zero attached hydrogens (tertiary/aromatic N) is 3. The van der Waals surface area contributed by atoms with Crippen molar-refractivity contribution in [3.63, 3.8) is 0 Å². The molecule has 1 aliphatic heterocycles. The number of anilines is 1. The van der Waals surface area contributed by atoms with Gasteiger partial charge in [-0.15, -0.1) is 0 Å². The number of hydrogen-bond acceptors (Lipinski definition) is 3. The number of hydrogen-bond donors (Lipinski definition) is 1. The molecule has 0 bridgehead atoms. The molecule has 1 fully saturated rings. The maximum atomic E-state index is 5.88. The Kier molecular flexibility index (Phi) is 6.07. The molecule has 0 radical (unpaired) electrons. The lowest BCUT2D eigenvalue weighted by Gasteiger charge is -2.29. The van der Waals surface area contributed by atoms with E-state index in [1.165, 1.54) is 11.1 Å². The minimum atomic E-state index is -0.0968. The summed E-state index contributed by atoms with van der Waals surface area (Å²) >= 11 is 5.88. The number of pyridine rings is 1. The third kappa shape index (κ3) is 4.05. The van der Waals surface area contributed by atoms with E-state index in [2.05, 4.69) is 88.3 Å². The van der Waals surface area contributed by atoms with E-state index in [0.29, 0.717) is 11.7 Å². The minimum Gasteiger partial charge on any atom is -0.494 e. The van der Waals surface area contributed by atoms with Gasteiger partial charge in [-0.1, -0.05) is 12.1 Å². The lowest BCUT2D eigenvalue weighted by atomic mass is 10.0. The lowest BCUT2D eigenvalue weighted by Crippen LogP contribution is -2.30. The van der Waals surface area contributed by atoms with Crippen LogP contribution in [0.4, 0.5) is 5.69 Å². The van der Waals surface area contributed by atoms with Gasteiger partial charge < -0.3 is 19.5 Å². The number of ether oxygens (including phenoxy) is 1. The summed E-state index contributed by atoms with van der Waals surface area (Å²) in [6.07, 6.45) is 3.95. The number of nitrogens with one attached hydrogen (secondary N) is 1. The van der Waals surface area contributed by atoms with Crippen LogP contribution in [-0.4, -0.2) is 21.3 Å². The van der Waals surface area contributed by atoms with Crippen LogP contribution in [0, 0.1) is 13.8 Å². The van der Waals surface area contributed by atoms with Crippen LogP contribution in [0.2, 0.25) is 0 Å². The quantitative estimate of drug-likeness (QED) is 0.348. The van der Waals surface area contributed by atoms with Gasteiger partial charge in [-0.05, 0) is 105 Å². The molecule has 4 aromatic rings. The third-order valence-electron chi connectivity index (χ3n) is 6.38. The molecule has 0 unspecified atom stereocenters. The van der Waals surface area contributed by atoms with Crippen molar-refractivity contribution in [3.05, 3.63) is 108 Å². The first-order valence-corrected chi connectivity index (χ1v) is 12.0. The van der Waals surface area contributed by atoms with Crippen LogP contribution >= 0.6 is 12.2 Å². The molecule has 2 aromatic carbocycles. The SMILES string of the molecule is CCOc1ccc(N2C(=S)N[C@@H](c3ccccn3)[C@@H]2c2cccn2-c2ccc(C)c(C)c2)cc1. The van der Waals surface area contributed by atoms with Crippen LogP contribution in [0.3, 0.4) is 0 Å². The van der Waals surface area contributed by atoms with Crippen LogP contribution < -0.4 is 15.0 Å². The molecule has 0 spiro atoms. The number of aromatic nitrogens is 2. The van der Waals surface area contributed by atoms with E-state index < -0.39 is 0 Å². The summed E-state index contributed by atoms with van der Waals surface area (Å²) < 4.78 is 7.91. The number of benzene rings is 2. The first-order chi connectivity index (χ1) is 16.6. The second-order valence-electron chi connectivity index (χ2n) is 8.50. The van der Waals surface area contributed by atoms with Crippen LogP contribution in [0.15, 0.2) is 85.2 Å². The molecule has 172 valence electrons. The van der Waals surface area contributed by atoms with Gasteiger partial charge >= 0.3 is 0 Å². The molecule has 1 N–H and O–H groups in total. The summed E-state index contributed by atoms with van der Waals surface area (Å²) in [5.74, 6) is 0.848. The zero-order valence-electron chi connectivity index (χ0n) is 19.6. The van der Waals surface area contributed by atoms with Crippen LogP contribution in [0.25, 0.3) is 5.69 Å². The number of rotatable bonds is 6. The van der Waals surface area contributed by atoms with Gasteiger partial charge in [0.15, 0.2) is 5.11 Å². The second-order valence-corrected chi connectivity index (χ2v) is 8.88. The van der Waals surface area contributed by atoms with E-state index in [0.717, 1.165) is 28.5 Å². The zero-order valence-corrected chi connectivity index (χ0v) is 20.4. The van der Waals surface area contributed by atoms with Gasteiger partial charge in [0.2, 0.25) is 0 Å². The smallest absolute Gasteiger partial charge is 0.174 e. The fraction of sp³-hybridized carbons (Fsp3) is 0.214. The Morgan fingerprint density at radius 1 is 0.941 bits per heavy atom. The second kappa shape index (κ2) is 9.31. The summed E-state index contributed by atoms with van der Waals surface area (Å²) in [4.78, 5) is 6.86. The molecule has 0 aliphatic carbocycles. The maximum Gasteiger partial charge on any atom is 0.174 e. The molecule has 2 atom stereocenters. The molecule has 1 aliphatic rings. The molecule has 3 heterocycles. The summed E-state index contributed by atoms with van der Waals surface area (Å²) in [6, 6.07) is 24.8. The summed E-state index contributed by atoms with van der Waals surface area (Å²) in [5.41, 5.74) is 6.78. The van der Waals surface area contributed by atoms with Crippen LogP contribution in [0.5, 0.6) is 5.75 Å². The molecule has 2 aromatic heterocycles. The predicted octanol–water partition coefficient (Wildman–Crippen LogP) is 6.06. The Hall–Kier alpha value is -3.64. The standard InChI is InChI=1S/C28H28N4OS/c1-4-33-23-14-12-21(13-15-23)32-27(26(30-28(32)34)24-8-5-6-16-29-24)25-9-7-17-31(25)22-11-10-19(2)20(3)18-22/h5-18,26-27H,4H2,1-3H3,(H,30,34)/t26-,27-/m0/s1. The van der Waals surface area contributed by atoms with Crippen molar-refractivity contribution in [2.24, 2.45) is 0 Å². The van der Waals surface area contributed by atoms with Gasteiger partial charge in [-0.3, -0.25) is 4.98 Å². The highest BCUT2D eigenvalue weighted by molar-refractivity contribution is 7.80. The van der Waals surface area contributed by atoms with Crippen molar-refractivity contribution in [2.45, 2.75) is 32.9 Å². The molecule has 34 heavy (non-hydrogen) atoms. The minimum absolute atomic E-state index is 0.0862. The van der Waals surface area contributed by atoms with Gasteiger partial charge in [-0.25, -0.2) is 0 Å². The monoisotopic (exact) mass is 468 g/mol. The molecule has 6 heteroatoms. The van der Waals surface area contributed by atoms with Gasteiger partial charge in [0.1, 0.15) is 11.8 Å². The van der Waals surface area contributed by atoms with Crippen molar-refractivity contribution in [1.82, 2.24) is 14.9 Å². The van der Waals surface area contributed by atoms with Crippen molar-refractivity contribution in [3.8, 4) is 11.4 Å². The van der Waals surface area contributed by atoms with E-state index in [-0.39, 0.29) is 12.1 Å². The highest BCUT2D eigenvalue weighted by atomic mass is 32.1. The van der Waals surface area contributed by atoms with Crippen molar-refractivity contribution >= 4 is 23.0 Å². The molecule has 5 nitrogen and oxygen atoms in total. The average Bonchev–Trinajstić information content (AvgIpc) is 3.46. The molecular weight excluding hydrogens is 440 g/mol. The highest BCUT2D eigenvalue weighted by Crippen LogP contribution is 2.42. The van der Waals surface area contributed by atoms with Gasteiger partial charge in [0, 0.05) is 29.5 Å². The molecule has 1 saturated heterocycles. The number of aryl methyl sites for hydroxylation is 2. The van der Waals surface area contributed by atoms with Crippen molar-refractivity contribution in [1.29, 1.82) is 0 Å². The Labute approximate surface area is 206 Å². The molecular formula is C28H28N4OS. The summed E-state index contributed by atoms with van der Waals surface area (Å²) in [5, 5.41) is 4.22. The predicted molar refractivity (Wildman–Crippen MR) is 141 cm³/mol. The third-order valence-corrected chi connectivity index (χ3v) is 6.69. The van der Waals surface area contributed by atoms with E-state index in [1.807, 2.05) is 37.4 Å². The Bertz CT molecular complexity index is 1300. The summed E-state index contributed by atoms with van der Waals surface area (Å²) in [6.45, 7) is 6.91. The van der Waals surface area contributed by atoms with Gasteiger partial charge in [-0.2, -0.15) is 0 Å². The molecule has 5 rings (SSSR count). The largest absolute Gasteiger partial charge is 0.494 e. The van der Waals surface area contributed by atoms with Gasteiger partial charge in [0.25, 0.3) is 0 Å². The van der Waals surface area contributed by atoms with Crippen LogP contribution in [-0.2, 0) is 0 Å². The lowest BCUT2D eigenvalue weighted by molar-refractivity contribution is 0.340. The average molecular weight is 469 g/mol. The zero-order chi connectivity index (χ0) is 23.7. The van der Waals surface area contributed by atoms with Crippen molar-refractivity contribution in [2.75, 3.05) is 11.5 Å². The first-order valence-electron chi connectivity index (χ1n) is 11.5. The Balaban J connectivity index is 1.63. The van der Waals surface area contributed by atoms with E-state index in [4.69, 9.17) is 17.0 Å². The molecule has 0 saturated carbocycles.